The minimum Gasteiger partial charge on any atom is -0.356 e. The van der Waals surface area contributed by atoms with E-state index >= 15 is 0 Å². The van der Waals surface area contributed by atoms with Crippen molar-refractivity contribution in [1.82, 2.24) is 14.6 Å². The lowest BCUT2D eigenvalue weighted by Crippen LogP contribution is -2.45. The van der Waals surface area contributed by atoms with Gasteiger partial charge >= 0.3 is 0 Å². The third kappa shape index (κ3) is 2.96. The molecule has 7 heteroatoms. The van der Waals surface area contributed by atoms with E-state index in [4.69, 9.17) is 31.2 Å². The maximum absolute atomic E-state index is 6.07. The van der Waals surface area contributed by atoms with E-state index in [1.165, 1.54) is 0 Å². The zero-order chi connectivity index (χ0) is 19.3. The molecule has 2 saturated heterocycles. The number of piperidine rings is 1. The number of ether oxygens (including phenoxy) is 2. The van der Waals surface area contributed by atoms with Gasteiger partial charge in [-0.1, -0.05) is 23.7 Å². The number of nitrogens with zero attached hydrogens (tertiary/aromatic N) is 4. The number of hydrogen-bond donors (Lipinski definition) is 0. The quantitative estimate of drug-likeness (QED) is 0.652. The fraction of sp³-hybridized carbons (Fsp3) is 0.429. The Kier molecular flexibility index (Phi) is 4.30. The van der Waals surface area contributed by atoms with E-state index in [1.54, 1.807) is 0 Å². The van der Waals surface area contributed by atoms with Gasteiger partial charge in [0.1, 0.15) is 5.82 Å². The molecule has 0 radical (unpaired) electrons. The van der Waals surface area contributed by atoms with E-state index in [9.17, 15) is 0 Å². The van der Waals surface area contributed by atoms with Gasteiger partial charge in [-0.05, 0) is 31.5 Å². The molecule has 6 nitrogen and oxygen atoms in total. The normalized spacial score (nSPS) is 19.0. The number of benzene rings is 1. The first-order valence-electron chi connectivity index (χ1n) is 9.70. The van der Waals surface area contributed by atoms with E-state index in [-0.39, 0.29) is 5.79 Å². The van der Waals surface area contributed by atoms with Crippen LogP contribution < -0.4 is 4.90 Å². The van der Waals surface area contributed by atoms with Crippen LogP contribution in [-0.4, -0.2) is 46.7 Å². The molecular weight excluding hydrogens is 376 g/mol. The van der Waals surface area contributed by atoms with Crippen molar-refractivity contribution in [3.05, 3.63) is 46.7 Å². The predicted molar refractivity (Wildman–Crippen MR) is 109 cm³/mol. The predicted octanol–water partition coefficient (Wildman–Crippen LogP) is 4.01. The van der Waals surface area contributed by atoms with Crippen molar-refractivity contribution in [2.24, 2.45) is 0 Å². The van der Waals surface area contributed by atoms with Crippen LogP contribution in [0.3, 0.4) is 0 Å². The molecule has 2 aromatic heterocycles. The van der Waals surface area contributed by atoms with Crippen molar-refractivity contribution in [1.29, 1.82) is 0 Å². The molecule has 3 aromatic rings. The summed E-state index contributed by atoms with van der Waals surface area (Å²) in [4.78, 5) is 7.17. The van der Waals surface area contributed by atoms with Crippen molar-refractivity contribution >= 4 is 23.1 Å². The van der Waals surface area contributed by atoms with Crippen LogP contribution in [0, 0.1) is 13.8 Å². The summed E-state index contributed by atoms with van der Waals surface area (Å²) in [5, 5.41) is 5.56. The Balaban J connectivity index is 1.55. The minimum atomic E-state index is -0.383. The van der Waals surface area contributed by atoms with Gasteiger partial charge in [0.15, 0.2) is 11.4 Å². The highest BCUT2D eigenvalue weighted by atomic mass is 35.5. The molecule has 0 saturated carbocycles. The van der Waals surface area contributed by atoms with Gasteiger partial charge in [0.05, 0.1) is 18.9 Å². The fourth-order valence-electron chi connectivity index (χ4n) is 4.27. The fourth-order valence-corrected chi connectivity index (χ4v) is 4.39. The summed E-state index contributed by atoms with van der Waals surface area (Å²) >= 11 is 6.07. The molecule has 2 fully saturated rings. The molecule has 0 atom stereocenters. The lowest BCUT2D eigenvalue weighted by molar-refractivity contribution is -0.169. The summed E-state index contributed by atoms with van der Waals surface area (Å²) in [5.74, 6) is 0.685. The van der Waals surface area contributed by atoms with Gasteiger partial charge in [-0.25, -0.2) is 4.98 Å². The maximum atomic E-state index is 6.07. The lowest BCUT2D eigenvalue weighted by Gasteiger charge is -2.38. The van der Waals surface area contributed by atoms with Crippen LogP contribution in [0.4, 0.5) is 5.82 Å². The molecule has 1 spiro atoms. The third-order valence-corrected chi connectivity index (χ3v) is 5.92. The first-order valence-corrected chi connectivity index (χ1v) is 10.1. The second-order valence-corrected chi connectivity index (χ2v) is 7.99. The number of hydrogen-bond acceptors (Lipinski definition) is 5. The summed E-state index contributed by atoms with van der Waals surface area (Å²) in [5.41, 5.74) is 4.94. The number of halogens is 1. The van der Waals surface area contributed by atoms with Gasteiger partial charge in [-0.2, -0.15) is 9.61 Å². The Morgan fingerprint density at radius 2 is 1.71 bits per heavy atom. The molecule has 146 valence electrons. The number of fused-ring (bicyclic) bond motifs is 1. The third-order valence-electron chi connectivity index (χ3n) is 5.67. The first kappa shape index (κ1) is 17.9. The van der Waals surface area contributed by atoms with E-state index in [1.807, 2.05) is 42.6 Å². The Bertz CT molecular complexity index is 1020. The first-order chi connectivity index (χ1) is 13.5. The van der Waals surface area contributed by atoms with Gasteiger partial charge in [-0.3, -0.25) is 0 Å². The van der Waals surface area contributed by atoms with Crippen LogP contribution in [0.25, 0.3) is 16.8 Å². The Morgan fingerprint density at radius 3 is 2.39 bits per heavy atom. The van der Waals surface area contributed by atoms with Gasteiger partial charge in [0.25, 0.3) is 0 Å². The molecule has 2 aliphatic rings. The molecule has 0 bridgehead atoms. The average molecular weight is 399 g/mol. The second-order valence-electron chi connectivity index (χ2n) is 7.55. The number of aromatic nitrogens is 3. The number of aryl methyl sites for hydroxylation is 2. The highest BCUT2D eigenvalue weighted by Crippen LogP contribution is 2.35. The van der Waals surface area contributed by atoms with Gasteiger partial charge < -0.3 is 14.4 Å². The minimum absolute atomic E-state index is 0.383. The molecule has 28 heavy (non-hydrogen) atoms. The molecular formula is C21H23ClN4O2. The van der Waals surface area contributed by atoms with Gasteiger partial charge in [0.2, 0.25) is 0 Å². The molecule has 0 unspecified atom stereocenters. The zero-order valence-electron chi connectivity index (χ0n) is 16.1. The Labute approximate surface area is 169 Å². The van der Waals surface area contributed by atoms with Crippen LogP contribution in [0.15, 0.2) is 30.3 Å². The summed E-state index contributed by atoms with van der Waals surface area (Å²) in [6.07, 6.45) is 1.72. The molecule has 1 aromatic carbocycles. The lowest BCUT2D eigenvalue weighted by atomic mass is 10.0. The smallest absolute Gasteiger partial charge is 0.171 e. The second kappa shape index (κ2) is 6.72. The van der Waals surface area contributed by atoms with E-state index in [0.717, 1.165) is 64.9 Å². The molecule has 5 rings (SSSR count). The van der Waals surface area contributed by atoms with Gasteiger partial charge in [-0.15, -0.1) is 0 Å². The topological polar surface area (TPSA) is 51.9 Å². The van der Waals surface area contributed by atoms with E-state index in [2.05, 4.69) is 11.0 Å². The van der Waals surface area contributed by atoms with Crippen LogP contribution >= 0.6 is 11.6 Å². The van der Waals surface area contributed by atoms with Crippen LogP contribution in [0.2, 0.25) is 5.02 Å². The average Bonchev–Trinajstić information content (AvgIpc) is 3.27. The highest BCUT2D eigenvalue weighted by Gasteiger charge is 2.40. The summed E-state index contributed by atoms with van der Waals surface area (Å²) < 4.78 is 13.7. The molecule has 0 aliphatic carbocycles. The summed E-state index contributed by atoms with van der Waals surface area (Å²) in [6, 6.07) is 9.97. The zero-order valence-corrected chi connectivity index (χ0v) is 16.9. The highest BCUT2D eigenvalue weighted by molar-refractivity contribution is 6.30. The summed E-state index contributed by atoms with van der Waals surface area (Å²) in [6.45, 7) is 7.19. The molecule has 0 amide bonds. The number of anilines is 1. The molecule has 4 heterocycles. The van der Waals surface area contributed by atoms with Crippen LogP contribution in [0.5, 0.6) is 0 Å². The van der Waals surface area contributed by atoms with E-state index < -0.39 is 0 Å². The van der Waals surface area contributed by atoms with E-state index in [0.29, 0.717) is 13.2 Å². The van der Waals surface area contributed by atoms with Crippen LogP contribution in [-0.2, 0) is 9.47 Å². The largest absolute Gasteiger partial charge is 0.356 e. The van der Waals surface area contributed by atoms with Crippen molar-refractivity contribution in [2.75, 3.05) is 31.2 Å². The Hall–Kier alpha value is -2.15. The monoisotopic (exact) mass is 398 g/mol. The molecule has 0 N–H and O–H groups in total. The Morgan fingerprint density at radius 1 is 1.04 bits per heavy atom. The maximum Gasteiger partial charge on any atom is 0.171 e. The van der Waals surface area contributed by atoms with Crippen molar-refractivity contribution < 1.29 is 9.47 Å². The SMILES string of the molecule is Cc1cc(N2CCC3(CC2)OCCO3)n2nc(C)c(-c3ccc(Cl)cc3)c2n1. The van der Waals surface area contributed by atoms with Gasteiger partial charge in [0, 0.05) is 48.3 Å². The van der Waals surface area contributed by atoms with Crippen molar-refractivity contribution in [2.45, 2.75) is 32.5 Å². The standard InChI is InChI=1S/C21H23ClN4O2/c1-14-13-18(25-9-7-21(8-10-25)27-11-12-28-21)26-20(23-14)19(15(2)24-26)16-3-5-17(22)6-4-16/h3-6,13H,7-12H2,1-2H3. The van der Waals surface area contributed by atoms with Crippen LogP contribution in [0.1, 0.15) is 24.2 Å². The number of rotatable bonds is 2. The van der Waals surface area contributed by atoms with Crippen molar-refractivity contribution in [3.63, 3.8) is 0 Å². The molecule has 2 aliphatic heterocycles. The summed E-state index contributed by atoms with van der Waals surface area (Å²) in [7, 11) is 0. The van der Waals surface area contributed by atoms with Crippen molar-refractivity contribution in [3.8, 4) is 11.1 Å².